The van der Waals surface area contributed by atoms with Crippen LogP contribution in [0.5, 0.6) is 5.75 Å². The second kappa shape index (κ2) is 10.7. The molecular weight excluding hydrogens is 452 g/mol. The molecule has 4 rings (SSSR count). The molecule has 0 saturated heterocycles. The van der Waals surface area contributed by atoms with E-state index in [1.165, 1.54) is 11.8 Å². The van der Waals surface area contributed by atoms with Gasteiger partial charge < -0.3 is 10.1 Å². The molecular formula is C25H26N4O2S2. The van der Waals surface area contributed by atoms with E-state index in [1.807, 2.05) is 52.4 Å². The molecule has 2 aromatic heterocycles. The number of methoxy groups -OCH3 is 1. The van der Waals surface area contributed by atoms with Crippen LogP contribution in [0.15, 0.2) is 65.1 Å². The number of nitrogens with one attached hydrogen (secondary N) is 1. The zero-order valence-electron chi connectivity index (χ0n) is 18.9. The predicted molar refractivity (Wildman–Crippen MR) is 136 cm³/mol. The smallest absolute Gasteiger partial charge is 0.234 e. The highest BCUT2D eigenvalue weighted by molar-refractivity contribution is 7.99. The first kappa shape index (κ1) is 23.1. The number of carbonyl (C=O) groups excluding carboxylic acids is 1. The number of hydrogen-bond donors (Lipinski definition) is 1. The first-order valence-electron chi connectivity index (χ1n) is 10.8. The third-order valence-electron chi connectivity index (χ3n) is 5.30. The van der Waals surface area contributed by atoms with Crippen LogP contribution < -0.4 is 10.1 Å². The van der Waals surface area contributed by atoms with E-state index in [1.54, 1.807) is 18.4 Å². The number of hydrogen-bond acceptors (Lipinski definition) is 6. The van der Waals surface area contributed by atoms with Gasteiger partial charge >= 0.3 is 0 Å². The first-order chi connectivity index (χ1) is 16.2. The number of amides is 1. The molecule has 2 heterocycles. The monoisotopic (exact) mass is 478 g/mol. The summed E-state index contributed by atoms with van der Waals surface area (Å²) >= 11 is 2.95. The van der Waals surface area contributed by atoms with Crippen molar-refractivity contribution in [2.75, 3.05) is 18.2 Å². The molecule has 2 aromatic carbocycles. The molecule has 0 unspecified atom stereocenters. The highest BCUT2D eigenvalue weighted by Gasteiger charge is 2.20. The summed E-state index contributed by atoms with van der Waals surface area (Å²) in [5.41, 5.74) is 4.05. The number of benzene rings is 2. The van der Waals surface area contributed by atoms with Crippen molar-refractivity contribution in [3.05, 3.63) is 71.1 Å². The molecule has 0 spiro atoms. The van der Waals surface area contributed by atoms with E-state index >= 15 is 0 Å². The van der Waals surface area contributed by atoms with Crippen molar-refractivity contribution in [2.45, 2.75) is 31.8 Å². The number of carbonyl (C=O) groups is 1. The number of thiophene rings is 1. The lowest BCUT2D eigenvalue weighted by Crippen LogP contribution is -2.17. The molecule has 4 aromatic rings. The summed E-state index contributed by atoms with van der Waals surface area (Å²) in [5.74, 6) is 1.59. The van der Waals surface area contributed by atoms with E-state index in [2.05, 4.69) is 41.5 Å². The van der Waals surface area contributed by atoms with Gasteiger partial charge in [0.2, 0.25) is 5.91 Å². The van der Waals surface area contributed by atoms with Crippen molar-refractivity contribution in [2.24, 2.45) is 0 Å². The molecule has 6 nitrogen and oxygen atoms in total. The molecule has 0 aliphatic carbocycles. The maximum absolute atomic E-state index is 12.9. The van der Waals surface area contributed by atoms with E-state index in [9.17, 15) is 4.79 Å². The molecule has 0 fully saturated rings. The highest BCUT2D eigenvalue weighted by Crippen LogP contribution is 2.34. The number of aryl methyl sites for hydroxylation is 2. The molecule has 1 N–H and O–H groups in total. The van der Waals surface area contributed by atoms with Gasteiger partial charge in [-0.1, -0.05) is 62.0 Å². The predicted octanol–water partition coefficient (Wildman–Crippen LogP) is 5.86. The SMILES string of the molecule is CCc1cccc(CC)c1NC(=O)CSc1nnc(-c2cccs2)n1-c1ccccc1OC. The van der Waals surface area contributed by atoms with Gasteiger partial charge in [0, 0.05) is 5.69 Å². The Morgan fingerprint density at radius 3 is 2.45 bits per heavy atom. The van der Waals surface area contributed by atoms with E-state index < -0.39 is 0 Å². The minimum Gasteiger partial charge on any atom is -0.495 e. The summed E-state index contributed by atoms with van der Waals surface area (Å²) in [4.78, 5) is 13.9. The van der Waals surface area contributed by atoms with E-state index in [-0.39, 0.29) is 11.7 Å². The van der Waals surface area contributed by atoms with Crippen LogP contribution in [0.2, 0.25) is 0 Å². The quantitative estimate of drug-likeness (QED) is 0.305. The largest absolute Gasteiger partial charge is 0.495 e. The van der Waals surface area contributed by atoms with Crippen LogP contribution in [0.25, 0.3) is 16.4 Å². The van der Waals surface area contributed by atoms with Crippen LogP contribution in [0, 0.1) is 0 Å². The Bertz CT molecular complexity index is 1210. The molecule has 8 heteroatoms. The second-order valence-corrected chi connectivity index (χ2v) is 9.18. The Labute approximate surface area is 202 Å². The van der Waals surface area contributed by atoms with Crippen molar-refractivity contribution in [3.8, 4) is 22.1 Å². The number of ether oxygens (including phenoxy) is 1. The summed E-state index contributed by atoms with van der Waals surface area (Å²) in [6.45, 7) is 4.20. The maximum atomic E-state index is 12.9. The standard InChI is InChI=1S/C25H26N4O2S2/c1-4-17-10-8-11-18(5-2)23(17)26-22(30)16-33-25-28-27-24(21-14-9-15-32-21)29(25)19-12-6-7-13-20(19)31-3/h6-15H,4-5,16H2,1-3H3,(H,26,30). The zero-order valence-corrected chi connectivity index (χ0v) is 20.5. The van der Waals surface area contributed by atoms with E-state index in [0.717, 1.165) is 46.0 Å². The van der Waals surface area contributed by atoms with Gasteiger partial charge in [0.15, 0.2) is 11.0 Å². The van der Waals surface area contributed by atoms with Crippen molar-refractivity contribution < 1.29 is 9.53 Å². The van der Waals surface area contributed by atoms with Crippen LogP contribution >= 0.6 is 23.1 Å². The minimum atomic E-state index is -0.0668. The average molecular weight is 479 g/mol. The summed E-state index contributed by atoms with van der Waals surface area (Å²) in [6, 6.07) is 17.9. The number of nitrogens with zero attached hydrogens (tertiary/aromatic N) is 3. The number of para-hydroxylation sites is 3. The van der Waals surface area contributed by atoms with Gasteiger partial charge in [-0.05, 0) is 47.5 Å². The summed E-state index contributed by atoms with van der Waals surface area (Å²) in [7, 11) is 1.64. The van der Waals surface area contributed by atoms with Gasteiger partial charge in [0.05, 0.1) is 23.4 Å². The van der Waals surface area contributed by atoms with Gasteiger partial charge in [-0.3, -0.25) is 9.36 Å². The molecule has 0 saturated carbocycles. The minimum absolute atomic E-state index is 0.0668. The van der Waals surface area contributed by atoms with Crippen LogP contribution in [-0.2, 0) is 17.6 Å². The molecule has 0 atom stereocenters. The van der Waals surface area contributed by atoms with Gasteiger partial charge in [0.25, 0.3) is 0 Å². The van der Waals surface area contributed by atoms with Crippen LogP contribution in [0.3, 0.4) is 0 Å². The molecule has 0 aliphatic heterocycles. The molecule has 33 heavy (non-hydrogen) atoms. The Balaban J connectivity index is 1.61. The topological polar surface area (TPSA) is 69.0 Å². The molecule has 170 valence electrons. The molecule has 0 aliphatic rings. The number of anilines is 1. The summed E-state index contributed by atoms with van der Waals surface area (Å²) in [6.07, 6.45) is 1.73. The van der Waals surface area contributed by atoms with Crippen molar-refractivity contribution >= 4 is 34.7 Å². The van der Waals surface area contributed by atoms with Gasteiger partial charge in [-0.25, -0.2) is 0 Å². The van der Waals surface area contributed by atoms with Crippen LogP contribution in [-0.4, -0.2) is 33.5 Å². The first-order valence-corrected chi connectivity index (χ1v) is 12.7. The fourth-order valence-electron chi connectivity index (χ4n) is 3.67. The van der Waals surface area contributed by atoms with Crippen molar-refractivity contribution in [1.29, 1.82) is 0 Å². The van der Waals surface area contributed by atoms with Crippen molar-refractivity contribution in [1.82, 2.24) is 14.8 Å². The lowest BCUT2D eigenvalue weighted by Gasteiger charge is -2.15. The average Bonchev–Trinajstić information content (AvgIpc) is 3.52. The number of rotatable bonds is 9. The normalized spacial score (nSPS) is 10.9. The fraction of sp³-hybridized carbons (Fsp3) is 0.240. The third kappa shape index (κ3) is 4.96. The Morgan fingerprint density at radius 2 is 1.79 bits per heavy atom. The van der Waals surface area contributed by atoms with Crippen LogP contribution in [0.1, 0.15) is 25.0 Å². The lowest BCUT2D eigenvalue weighted by atomic mass is 10.0. The fourth-order valence-corrected chi connectivity index (χ4v) is 5.11. The Kier molecular flexibility index (Phi) is 7.47. The zero-order chi connectivity index (χ0) is 23.2. The third-order valence-corrected chi connectivity index (χ3v) is 7.09. The Morgan fingerprint density at radius 1 is 1.03 bits per heavy atom. The molecule has 0 bridgehead atoms. The number of aromatic nitrogens is 3. The number of thioether (sulfide) groups is 1. The van der Waals surface area contributed by atoms with Gasteiger partial charge in [0.1, 0.15) is 5.75 Å². The van der Waals surface area contributed by atoms with Gasteiger partial charge in [-0.15, -0.1) is 21.5 Å². The molecule has 0 radical (unpaired) electrons. The van der Waals surface area contributed by atoms with E-state index in [4.69, 9.17) is 4.74 Å². The summed E-state index contributed by atoms with van der Waals surface area (Å²) < 4.78 is 7.55. The lowest BCUT2D eigenvalue weighted by molar-refractivity contribution is -0.113. The van der Waals surface area contributed by atoms with E-state index in [0.29, 0.717) is 10.9 Å². The Hall–Kier alpha value is -3.10. The summed E-state index contributed by atoms with van der Waals surface area (Å²) in [5, 5.41) is 14.6. The van der Waals surface area contributed by atoms with Crippen molar-refractivity contribution in [3.63, 3.8) is 0 Å². The maximum Gasteiger partial charge on any atom is 0.234 e. The highest BCUT2D eigenvalue weighted by atomic mass is 32.2. The molecule has 1 amide bonds. The second-order valence-electron chi connectivity index (χ2n) is 7.29. The van der Waals surface area contributed by atoms with Crippen LogP contribution in [0.4, 0.5) is 5.69 Å². The van der Waals surface area contributed by atoms with Gasteiger partial charge in [-0.2, -0.15) is 0 Å².